The molecule has 0 atom stereocenters. The van der Waals surface area contributed by atoms with E-state index in [4.69, 9.17) is 0 Å². The summed E-state index contributed by atoms with van der Waals surface area (Å²) in [4.78, 5) is 32.6. The lowest BCUT2D eigenvalue weighted by atomic mass is 10.0. The Bertz CT molecular complexity index is 1290. The summed E-state index contributed by atoms with van der Waals surface area (Å²) in [5.74, 6) is -1.32. The van der Waals surface area contributed by atoms with Crippen LogP contribution in [0.15, 0.2) is 78.5 Å². The fourth-order valence-electron chi connectivity index (χ4n) is 4.78. The molecule has 0 aliphatic carbocycles. The van der Waals surface area contributed by atoms with Gasteiger partial charge < -0.3 is 9.80 Å². The Labute approximate surface area is 198 Å². The van der Waals surface area contributed by atoms with Crippen molar-refractivity contribution in [2.75, 3.05) is 36.0 Å². The summed E-state index contributed by atoms with van der Waals surface area (Å²) in [5, 5.41) is 0. The highest BCUT2D eigenvalue weighted by Crippen LogP contribution is 2.36. The van der Waals surface area contributed by atoms with Gasteiger partial charge in [-0.05, 0) is 54.8 Å². The highest BCUT2D eigenvalue weighted by atomic mass is 19.1. The third-order valence-electron chi connectivity index (χ3n) is 6.70. The molecular weight excluding hydrogens is 429 g/mol. The van der Waals surface area contributed by atoms with E-state index in [0.717, 1.165) is 18.0 Å². The third kappa shape index (κ3) is 3.75. The number of nitrogens with zero attached hydrogens (tertiary/aromatic N) is 3. The van der Waals surface area contributed by atoms with Crippen molar-refractivity contribution in [2.24, 2.45) is 0 Å². The summed E-state index contributed by atoms with van der Waals surface area (Å²) in [7, 11) is 0. The van der Waals surface area contributed by atoms with Crippen molar-refractivity contribution in [1.29, 1.82) is 0 Å². The second-order valence-corrected chi connectivity index (χ2v) is 8.71. The van der Waals surface area contributed by atoms with Crippen molar-refractivity contribution >= 4 is 28.8 Å². The average Bonchev–Trinajstić information content (AvgIpc) is 3.11. The number of hydrogen-bond donors (Lipinski definition) is 0. The quantitative estimate of drug-likeness (QED) is 0.542. The molecule has 0 unspecified atom stereocenters. The minimum absolute atomic E-state index is 0.243. The van der Waals surface area contributed by atoms with Crippen LogP contribution < -0.4 is 9.80 Å². The molecule has 3 aromatic rings. The number of halogens is 1. The van der Waals surface area contributed by atoms with E-state index in [9.17, 15) is 14.0 Å². The topological polar surface area (TPSA) is 43.9 Å². The van der Waals surface area contributed by atoms with Gasteiger partial charge in [-0.3, -0.25) is 9.59 Å². The fourth-order valence-corrected chi connectivity index (χ4v) is 4.78. The van der Waals surface area contributed by atoms with Crippen LogP contribution in [0.3, 0.4) is 0 Å². The number of carbonyl (C=O) groups is 2. The maximum Gasteiger partial charge on any atom is 0.282 e. The lowest BCUT2D eigenvalue weighted by Gasteiger charge is -2.38. The molecule has 2 amide bonds. The SMILES string of the molecule is Cc1cccc(N2CCN(C3=C(c4ccccc4)C(=O)N(c4cccc(F)c4)C3=O)CC2)c1C. The molecule has 2 aliphatic heterocycles. The highest BCUT2D eigenvalue weighted by molar-refractivity contribution is 6.45. The standard InChI is InChI=1S/C28H26FN3O2/c1-19-8-6-13-24(20(19)2)30-14-16-31(17-15-30)26-25(21-9-4-3-5-10-21)27(33)32(28(26)34)23-12-7-11-22(29)18-23/h3-13,18H,14-17H2,1-2H3. The zero-order chi connectivity index (χ0) is 23.8. The van der Waals surface area contributed by atoms with E-state index < -0.39 is 17.6 Å². The molecule has 2 heterocycles. The molecule has 0 radical (unpaired) electrons. The molecule has 34 heavy (non-hydrogen) atoms. The van der Waals surface area contributed by atoms with E-state index in [1.165, 1.54) is 35.0 Å². The number of hydrogen-bond acceptors (Lipinski definition) is 4. The van der Waals surface area contributed by atoms with Gasteiger partial charge in [-0.15, -0.1) is 0 Å². The average molecular weight is 456 g/mol. The summed E-state index contributed by atoms with van der Waals surface area (Å²) in [6.07, 6.45) is 0. The van der Waals surface area contributed by atoms with E-state index in [-0.39, 0.29) is 5.69 Å². The number of imide groups is 1. The van der Waals surface area contributed by atoms with Crippen LogP contribution in [-0.2, 0) is 9.59 Å². The summed E-state index contributed by atoms with van der Waals surface area (Å²) >= 11 is 0. The third-order valence-corrected chi connectivity index (χ3v) is 6.70. The lowest BCUT2D eigenvalue weighted by Crippen LogP contribution is -2.48. The molecule has 172 valence electrons. The second kappa shape index (κ2) is 8.78. The predicted octanol–water partition coefficient (Wildman–Crippen LogP) is 4.55. The van der Waals surface area contributed by atoms with Gasteiger partial charge in [0.1, 0.15) is 11.5 Å². The predicted molar refractivity (Wildman–Crippen MR) is 132 cm³/mol. The van der Waals surface area contributed by atoms with Crippen molar-refractivity contribution < 1.29 is 14.0 Å². The molecule has 6 heteroatoms. The van der Waals surface area contributed by atoms with Gasteiger partial charge in [0.25, 0.3) is 11.8 Å². The number of rotatable bonds is 4. The van der Waals surface area contributed by atoms with Crippen LogP contribution in [-0.4, -0.2) is 42.9 Å². The van der Waals surface area contributed by atoms with Crippen LogP contribution in [0.2, 0.25) is 0 Å². The van der Waals surface area contributed by atoms with Crippen LogP contribution in [0.5, 0.6) is 0 Å². The van der Waals surface area contributed by atoms with Gasteiger partial charge in [0, 0.05) is 31.9 Å². The molecule has 0 aromatic heterocycles. The van der Waals surface area contributed by atoms with Gasteiger partial charge in [0.2, 0.25) is 0 Å². The molecule has 0 saturated carbocycles. The van der Waals surface area contributed by atoms with Crippen molar-refractivity contribution in [3.63, 3.8) is 0 Å². The smallest absolute Gasteiger partial charge is 0.282 e. The first-order valence-electron chi connectivity index (χ1n) is 11.5. The van der Waals surface area contributed by atoms with Gasteiger partial charge in [-0.25, -0.2) is 9.29 Å². The summed E-state index contributed by atoms with van der Waals surface area (Å²) < 4.78 is 13.9. The molecule has 2 aliphatic rings. The molecule has 5 nitrogen and oxygen atoms in total. The van der Waals surface area contributed by atoms with E-state index >= 15 is 0 Å². The Morgan fingerprint density at radius 1 is 0.735 bits per heavy atom. The number of piperazine rings is 1. The van der Waals surface area contributed by atoms with Crippen molar-refractivity contribution in [3.8, 4) is 0 Å². The second-order valence-electron chi connectivity index (χ2n) is 8.71. The number of aryl methyl sites for hydroxylation is 1. The maximum atomic E-state index is 13.9. The van der Waals surface area contributed by atoms with Crippen LogP contribution in [0.1, 0.15) is 16.7 Å². The van der Waals surface area contributed by atoms with Gasteiger partial charge in [0.15, 0.2) is 0 Å². The molecule has 0 spiro atoms. The Hall–Kier alpha value is -3.93. The Morgan fingerprint density at radius 2 is 1.41 bits per heavy atom. The van der Waals surface area contributed by atoms with Gasteiger partial charge in [-0.2, -0.15) is 0 Å². The molecule has 1 fully saturated rings. The Balaban J connectivity index is 1.49. The first-order valence-corrected chi connectivity index (χ1v) is 11.5. The number of anilines is 2. The zero-order valence-electron chi connectivity index (χ0n) is 19.3. The van der Waals surface area contributed by atoms with Crippen molar-refractivity contribution in [2.45, 2.75) is 13.8 Å². The highest BCUT2D eigenvalue weighted by Gasteiger charge is 2.43. The normalized spacial score (nSPS) is 16.6. The van der Waals surface area contributed by atoms with Gasteiger partial charge in [-0.1, -0.05) is 48.5 Å². The largest absolute Gasteiger partial charge is 0.368 e. The minimum atomic E-state index is -0.491. The number of benzene rings is 3. The molecule has 0 N–H and O–H groups in total. The minimum Gasteiger partial charge on any atom is -0.368 e. The Kier molecular flexibility index (Phi) is 5.65. The first-order chi connectivity index (χ1) is 16.5. The zero-order valence-corrected chi connectivity index (χ0v) is 19.3. The van der Waals surface area contributed by atoms with Crippen LogP contribution in [0, 0.1) is 19.7 Å². The first kappa shape index (κ1) is 21.9. The Morgan fingerprint density at radius 3 is 2.12 bits per heavy atom. The fraction of sp³-hybridized carbons (Fsp3) is 0.214. The monoisotopic (exact) mass is 455 g/mol. The summed E-state index contributed by atoms with van der Waals surface area (Å²) in [6, 6.07) is 21.2. The lowest BCUT2D eigenvalue weighted by molar-refractivity contribution is -0.120. The summed E-state index contributed by atoms with van der Waals surface area (Å²) in [5.41, 5.74) is 5.39. The maximum absolute atomic E-state index is 13.9. The molecular formula is C28H26FN3O2. The molecule has 5 rings (SSSR count). The van der Waals surface area contributed by atoms with Crippen LogP contribution in [0.25, 0.3) is 5.57 Å². The van der Waals surface area contributed by atoms with Gasteiger partial charge >= 0.3 is 0 Å². The van der Waals surface area contributed by atoms with E-state index in [2.05, 4.69) is 36.9 Å². The molecule has 3 aromatic carbocycles. The van der Waals surface area contributed by atoms with E-state index in [1.54, 1.807) is 6.07 Å². The van der Waals surface area contributed by atoms with Crippen molar-refractivity contribution in [1.82, 2.24) is 4.90 Å². The summed E-state index contributed by atoms with van der Waals surface area (Å²) in [6.45, 7) is 6.91. The van der Waals surface area contributed by atoms with E-state index in [1.807, 2.05) is 35.2 Å². The van der Waals surface area contributed by atoms with E-state index in [0.29, 0.717) is 29.9 Å². The van der Waals surface area contributed by atoms with Crippen LogP contribution in [0.4, 0.5) is 15.8 Å². The van der Waals surface area contributed by atoms with Gasteiger partial charge in [0.05, 0.1) is 11.3 Å². The molecule has 0 bridgehead atoms. The molecule has 1 saturated heterocycles. The van der Waals surface area contributed by atoms with Crippen molar-refractivity contribution in [3.05, 3.63) is 101 Å². The van der Waals surface area contributed by atoms with Crippen LogP contribution >= 0.6 is 0 Å². The number of carbonyl (C=O) groups excluding carboxylic acids is 2. The number of amides is 2.